The van der Waals surface area contributed by atoms with Gasteiger partial charge in [0, 0.05) is 11.7 Å². The third-order valence-corrected chi connectivity index (χ3v) is 5.65. The van der Waals surface area contributed by atoms with Gasteiger partial charge >= 0.3 is 0 Å². The van der Waals surface area contributed by atoms with Crippen LogP contribution in [0.3, 0.4) is 0 Å². The molecule has 116 valence electrons. The van der Waals surface area contributed by atoms with Gasteiger partial charge in [-0.2, -0.15) is 0 Å². The van der Waals surface area contributed by atoms with Crippen molar-refractivity contribution in [3.05, 3.63) is 29.0 Å². The molecule has 2 saturated carbocycles. The van der Waals surface area contributed by atoms with E-state index in [0.29, 0.717) is 6.04 Å². The van der Waals surface area contributed by atoms with E-state index in [1.54, 1.807) is 6.07 Å². The van der Waals surface area contributed by atoms with Gasteiger partial charge in [0.25, 0.3) is 0 Å². The summed E-state index contributed by atoms with van der Waals surface area (Å²) in [6.45, 7) is 0. The average Bonchev–Trinajstić information content (AvgIpc) is 2.52. The molecule has 3 heteroatoms. The minimum Gasteiger partial charge on any atom is -0.382 e. The zero-order valence-corrected chi connectivity index (χ0v) is 13.3. The summed E-state index contributed by atoms with van der Waals surface area (Å²) in [4.78, 5) is 0. The lowest BCUT2D eigenvalue weighted by Crippen LogP contribution is -2.37. The number of rotatable bonds is 3. The van der Waals surface area contributed by atoms with Crippen LogP contribution in [0.25, 0.3) is 0 Å². The molecular weight excluding hydrogens is 285 g/mol. The topological polar surface area (TPSA) is 12.0 Å². The fourth-order valence-electron chi connectivity index (χ4n) is 4.27. The van der Waals surface area contributed by atoms with Crippen molar-refractivity contribution in [2.45, 2.75) is 63.8 Å². The largest absolute Gasteiger partial charge is 0.382 e. The molecule has 2 fully saturated rings. The van der Waals surface area contributed by atoms with Crippen LogP contribution in [-0.4, -0.2) is 6.04 Å². The molecule has 0 bridgehead atoms. The maximum atomic E-state index is 13.6. The van der Waals surface area contributed by atoms with Gasteiger partial charge in [-0.25, -0.2) is 4.39 Å². The Balaban J connectivity index is 1.69. The van der Waals surface area contributed by atoms with E-state index >= 15 is 0 Å². The van der Waals surface area contributed by atoms with Crippen molar-refractivity contribution in [2.75, 3.05) is 5.32 Å². The Morgan fingerprint density at radius 3 is 2.43 bits per heavy atom. The second-order valence-electron chi connectivity index (χ2n) is 6.73. The molecule has 1 N–H and O–H groups in total. The van der Waals surface area contributed by atoms with E-state index in [1.807, 2.05) is 6.07 Å². The number of hydrogen-bond acceptors (Lipinski definition) is 1. The van der Waals surface area contributed by atoms with Crippen molar-refractivity contribution < 1.29 is 4.39 Å². The van der Waals surface area contributed by atoms with Crippen LogP contribution in [0.4, 0.5) is 10.1 Å². The molecule has 0 saturated heterocycles. The zero-order valence-electron chi connectivity index (χ0n) is 12.6. The molecule has 0 aromatic heterocycles. The highest BCUT2D eigenvalue weighted by atomic mass is 35.5. The van der Waals surface area contributed by atoms with Crippen molar-refractivity contribution in [3.63, 3.8) is 0 Å². The first-order chi connectivity index (χ1) is 10.2. The molecule has 0 spiro atoms. The zero-order chi connectivity index (χ0) is 14.7. The lowest BCUT2D eigenvalue weighted by atomic mass is 9.71. The first kappa shape index (κ1) is 15.1. The monoisotopic (exact) mass is 309 g/mol. The molecule has 21 heavy (non-hydrogen) atoms. The van der Waals surface area contributed by atoms with E-state index in [4.69, 9.17) is 11.6 Å². The summed E-state index contributed by atoms with van der Waals surface area (Å²) in [6.07, 6.45) is 12.2. The molecule has 1 aromatic rings. The molecule has 0 aliphatic heterocycles. The van der Waals surface area contributed by atoms with Gasteiger partial charge in [0.15, 0.2) is 0 Å². The van der Waals surface area contributed by atoms with Gasteiger partial charge in [-0.3, -0.25) is 0 Å². The molecule has 0 heterocycles. The van der Waals surface area contributed by atoms with Gasteiger partial charge in [-0.1, -0.05) is 56.5 Å². The Bertz CT molecular complexity index is 470. The Labute approximate surface area is 132 Å². The molecule has 1 aromatic carbocycles. The summed E-state index contributed by atoms with van der Waals surface area (Å²) in [5, 5.41) is 3.80. The van der Waals surface area contributed by atoms with Crippen LogP contribution >= 0.6 is 11.6 Å². The maximum Gasteiger partial charge on any atom is 0.143 e. The average molecular weight is 310 g/mol. The van der Waals surface area contributed by atoms with Crippen LogP contribution in [0.1, 0.15) is 57.8 Å². The predicted molar refractivity (Wildman–Crippen MR) is 87.4 cm³/mol. The molecule has 2 aliphatic rings. The molecule has 2 aliphatic carbocycles. The third-order valence-electron chi connectivity index (χ3n) is 5.35. The summed E-state index contributed by atoms with van der Waals surface area (Å²) in [6, 6.07) is 5.59. The van der Waals surface area contributed by atoms with Crippen molar-refractivity contribution in [2.24, 2.45) is 11.8 Å². The fraction of sp³-hybridized carbons (Fsp3) is 0.667. The van der Waals surface area contributed by atoms with Crippen LogP contribution in [0.5, 0.6) is 0 Å². The highest BCUT2D eigenvalue weighted by Gasteiger charge is 2.32. The summed E-state index contributed by atoms with van der Waals surface area (Å²) in [5.41, 5.74) is 0.879. The molecule has 0 radical (unpaired) electrons. The highest BCUT2D eigenvalue weighted by Crippen LogP contribution is 2.39. The Morgan fingerprint density at radius 1 is 0.952 bits per heavy atom. The summed E-state index contributed by atoms with van der Waals surface area (Å²) < 4.78 is 13.6. The predicted octanol–water partition coefficient (Wildman–Crippen LogP) is 6.03. The summed E-state index contributed by atoms with van der Waals surface area (Å²) >= 11 is 5.77. The Hall–Kier alpha value is -0.760. The Morgan fingerprint density at radius 2 is 1.67 bits per heavy atom. The molecule has 0 amide bonds. The van der Waals surface area contributed by atoms with Crippen molar-refractivity contribution >= 4 is 17.3 Å². The van der Waals surface area contributed by atoms with Crippen LogP contribution in [0.15, 0.2) is 18.2 Å². The standard InChI is InChI=1S/C18H25ClFN/c19-16-11-10-14(12-17(16)20)21-18-9-5-4-8-15(18)13-6-2-1-3-7-13/h10-13,15,18,21H,1-9H2. The van der Waals surface area contributed by atoms with Crippen LogP contribution in [0, 0.1) is 17.7 Å². The van der Waals surface area contributed by atoms with E-state index in [0.717, 1.165) is 17.5 Å². The van der Waals surface area contributed by atoms with Gasteiger partial charge < -0.3 is 5.32 Å². The number of benzene rings is 1. The SMILES string of the molecule is Fc1cc(NC2CCCCC2C2CCCCC2)ccc1Cl. The van der Waals surface area contributed by atoms with Crippen LogP contribution < -0.4 is 5.32 Å². The van der Waals surface area contributed by atoms with Gasteiger partial charge in [0.2, 0.25) is 0 Å². The van der Waals surface area contributed by atoms with E-state index in [2.05, 4.69) is 5.32 Å². The van der Waals surface area contributed by atoms with Crippen molar-refractivity contribution in [3.8, 4) is 0 Å². The Kier molecular flexibility index (Phi) is 5.05. The quantitative estimate of drug-likeness (QED) is 0.718. The smallest absolute Gasteiger partial charge is 0.143 e. The second kappa shape index (κ2) is 7.00. The van der Waals surface area contributed by atoms with Crippen LogP contribution in [0.2, 0.25) is 5.02 Å². The summed E-state index contributed by atoms with van der Waals surface area (Å²) in [7, 11) is 0. The fourth-order valence-corrected chi connectivity index (χ4v) is 4.38. The second-order valence-corrected chi connectivity index (χ2v) is 7.13. The normalized spacial score (nSPS) is 27.5. The van der Waals surface area contributed by atoms with Gasteiger partial charge in [0.1, 0.15) is 5.82 Å². The number of hydrogen-bond donors (Lipinski definition) is 1. The van der Waals surface area contributed by atoms with E-state index < -0.39 is 0 Å². The van der Waals surface area contributed by atoms with E-state index in [-0.39, 0.29) is 10.8 Å². The minimum atomic E-state index is -0.327. The highest BCUT2D eigenvalue weighted by molar-refractivity contribution is 6.30. The number of halogens is 2. The molecule has 2 unspecified atom stereocenters. The van der Waals surface area contributed by atoms with E-state index in [9.17, 15) is 4.39 Å². The van der Waals surface area contributed by atoms with Gasteiger partial charge in [-0.15, -0.1) is 0 Å². The lowest BCUT2D eigenvalue weighted by Gasteiger charge is -2.39. The summed E-state index contributed by atoms with van der Waals surface area (Å²) in [5.74, 6) is 1.30. The third kappa shape index (κ3) is 3.71. The first-order valence-electron chi connectivity index (χ1n) is 8.45. The first-order valence-corrected chi connectivity index (χ1v) is 8.83. The number of anilines is 1. The molecular formula is C18H25ClFN. The van der Waals surface area contributed by atoms with Gasteiger partial charge in [0.05, 0.1) is 5.02 Å². The van der Waals surface area contributed by atoms with Crippen molar-refractivity contribution in [1.29, 1.82) is 0 Å². The van der Waals surface area contributed by atoms with Crippen LogP contribution in [-0.2, 0) is 0 Å². The van der Waals surface area contributed by atoms with Crippen molar-refractivity contribution in [1.82, 2.24) is 0 Å². The van der Waals surface area contributed by atoms with E-state index in [1.165, 1.54) is 63.9 Å². The molecule has 2 atom stereocenters. The van der Waals surface area contributed by atoms with Gasteiger partial charge in [-0.05, 0) is 42.9 Å². The molecule has 1 nitrogen and oxygen atoms in total. The minimum absolute atomic E-state index is 0.202. The number of nitrogens with one attached hydrogen (secondary N) is 1. The molecule has 3 rings (SSSR count). The maximum absolute atomic E-state index is 13.6. The lowest BCUT2D eigenvalue weighted by molar-refractivity contribution is 0.180.